The average molecular weight is 400 g/mol. The number of nitrogens with zero attached hydrogens (tertiary/aromatic N) is 2. The average Bonchev–Trinajstić information content (AvgIpc) is 2.70. The van der Waals surface area contributed by atoms with E-state index in [2.05, 4.69) is 93.0 Å². The van der Waals surface area contributed by atoms with Gasteiger partial charge in [-0.25, -0.2) is 0 Å². The van der Waals surface area contributed by atoms with Gasteiger partial charge in [0.25, 0.3) is 0 Å². The van der Waals surface area contributed by atoms with Crippen LogP contribution in [-0.4, -0.2) is 11.5 Å². The van der Waals surface area contributed by atoms with Gasteiger partial charge in [-0.3, -0.25) is 4.98 Å². The largest absolute Gasteiger partial charge is 0.367 e. The molecule has 3 heteroatoms. The molecule has 0 saturated carbocycles. The van der Waals surface area contributed by atoms with E-state index in [9.17, 15) is 0 Å². The zero-order chi connectivity index (χ0) is 21.5. The molecule has 1 unspecified atom stereocenters. The zero-order valence-electron chi connectivity index (χ0n) is 18.9. The summed E-state index contributed by atoms with van der Waals surface area (Å²) in [4.78, 5) is 6.87. The minimum absolute atomic E-state index is 0.0262. The van der Waals surface area contributed by atoms with E-state index < -0.39 is 0 Å². The fourth-order valence-electron chi connectivity index (χ4n) is 4.52. The van der Waals surface area contributed by atoms with Crippen molar-refractivity contribution < 1.29 is 0 Å². The minimum atomic E-state index is -0.0262. The SMILES string of the molecule is Cc1ccc(-c2cc3c(cc2C(C)N)N(Cc2ccnc(C)c2)CCC3(C)C)cc1. The van der Waals surface area contributed by atoms with Gasteiger partial charge in [0, 0.05) is 36.7 Å². The maximum atomic E-state index is 6.47. The van der Waals surface area contributed by atoms with Gasteiger partial charge in [0.15, 0.2) is 0 Å². The van der Waals surface area contributed by atoms with Crippen LogP contribution in [0.25, 0.3) is 11.1 Å². The van der Waals surface area contributed by atoms with Crippen molar-refractivity contribution in [3.8, 4) is 11.1 Å². The summed E-state index contributed by atoms with van der Waals surface area (Å²) < 4.78 is 0. The fraction of sp³-hybridized carbons (Fsp3) is 0.370. The van der Waals surface area contributed by atoms with Gasteiger partial charge in [-0.1, -0.05) is 43.7 Å². The zero-order valence-corrected chi connectivity index (χ0v) is 18.9. The van der Waals surface area contributed by atoms with Crippen molar-refractivity contribution in [2.45, 2.75) is 59.0 Å². The molecule has 1 atom stereocenters. The molecule has 0 spiro atoms. The van der Waals surface area contributed by atoms with Crippen LogP contribution in [0.1, 0.15) is 61.2 Å². The fourth-order valence-corrected chi connectivity index (χ4v) is 4.52. The Morgan fingerprint density at radius 1 is 1.07 bits per heavy atom. The first-order chi connectivity index (χ1) is 14.2. The number of hydrogen-bond donors (Lipinski definition) is 1. The smallest absolute Gasteiger partial charge is 0.0430 e. The van der Waals surface area contributed by atoms with Crippen molar-refractivity contribution in [3.63, 3.8) is 0 Å². The first-order valence-electron chi connectivity index (χ1n) is 10.9. The molecule has 1 aliphatic heterocycles. The van der Waals surface area contributed by atoms with E-state index in [0.29, 0.717) is 0 Å². The van der Waals surface area contributed by atoms with E-state index in [4.69, 9.17) is 5.73 Å². The molecule has 2 N–H and O–H groups in total. The van der Waals surface area contributed by atoms with E-state index >= 15 is 0 Å². The lowest BCUT2D eigenvalue weighted by molar-refractivity contribution is 0.452. The van der Waals surface area contributed by atoms with Crippen molar-refractivity contribution in [2.24, 2.45) is 5.73 Å². The van der Waals surface area contributed by atoms with E-state index in [1.54, 1.807) is 0 Å². The summed E-state index contributed by atoms with van der Waals surface area (Å²) in [7, 11) is 0. The number of rotatable bonds is 4. The summed E-state index contributed by atoms with van der Waals surface area (Å²) in [6.07, 6.45) is 3.04. The van der Waals surface area contributed by atoms with Crippen molar-refractivity contribution >= 4 is 5.69 Å². The molecule has 30 heavy (non-hydrogen) atoms. The van der Waals surface area contributed by atoms with E-state index in [0.717, 1.165) is 25.2 Å². The lowest BCUT2D eigenvalue weighted by Gasteiger charge is -2.41. The molecule has 2 heterocycles. The van der Waals surface area contributed by atoms with Gasteiger partial charge >= 0.3 is 0 Å². The molecule has 156 valence electrons. The molecule has 1 aliphatic rings. The Bertz CT molecular complexity index is 1050. The molecule has 0 radical (unpaired) electrons. The second kappa shape index (κ2) is 7.88. The number of fused-ring (bicyclic) bond motifs is 1. The molecule has 0 bridgehead atoms. The summed E-state index contributed by atoms with van der Waals surface area (Å²) >= 11 is 0. The minimum Gasteiger partial charge on any atom is -0.367 e. The Kier molecular flexibility index (Phi) is 5.42. The predicted octanol–water partition coefficient (Wildman–Crippen LogP) is 6.07. The van der Waals surface area contributed by atoms with Crippen molar-refractivity contribution in [2.75, 3.05) is 11.4 Å². The molecule has 0 amide bonds. The third-order valence-electron chi connectivity index (χ3n) is 6.43. The summed E-state index contributed by atoms with van der Waals surface area (Å²) in [5.74, 6) is 0. The quantitative estimate of drug-likeness (QED) is 0.579. The third-order valence-corrected chi connectivity index (χ3v) is 6.43. The van der Waals surface area contributed by atoms with Crippen molar-refractivity contribution in [3.05, 3.63) is 82.7 Å². The van der Waals surface area contributed by atoms with Crippen LogP contribution in [0, 0.1) is 13.8 Å². The lowest BCUT2D eigenvalue weighted by atomic mass is 9.75. The molecular formula is C27H33N3. The number of hydrogen-bond acceptors (Lipinski definition) is 3. The maximum Gasteiger partial charge on any atom is 0.0430 e. The van der Waals surface area contributed by atoms with Crippen LogP contribution in [0.2, 0.25) is 0 Å². The Balaban J connectivity index is 1.83. The van der Waals surface area contributed by atoms with Gasteiger partial charge in [-0.15, -0.1) is 0 Å². The highest BCUT2D eigenvalue weighted by molar-refractivity contribution is 5.75. The Labute approximate surface area is 181 Å². The predicted molar refractivity (Wildman–Crippen MR) is 127 cm³/mol. The number of nitrogens with two attached hydrogens (primary N) is 1. The molecule has 0 fully saturated rings. The van der Waals surface area contributed by atoms with Gasteiger partial charge in [-0.05, 0) is 84.7 Å². The van der Waals surface area contributed by atoms with Crippen LogP contribution in [-0.2, 0) is 12.0 Å². The first kappa shape index (κ1) is 20.6. The Morgan fingerprint density at radius 3 is 2.47 bits per heavy atom. The molecule has 0 aliphatic carbocycles. The van der Waals surface area contributed by atoms with E-state index in [-0.39, 0.29) is 11.5 Å². The summed E-state index contributed by atoms with van der Waals surface area (Å²) in [5.41, 5.74) is 16.7. The highest BCUT2D eigenvalue weighted by Crippen LogP contribution is 2.44. The second-order valence-corrected chi connectivity index (χ2v) is 9.47. The van der Waals surface area contributed by atoms with Crippen LogP contribution >= 0.6 is 0 Å². The molecule has 2 aromatic carbocycles. The van der Waals surface area contributed by atoms with Gasteiger partial charge in [0.2, 0.25) is 0 Å². The second-order valence-electron chi connectivity index (χ2n) is 9.47. The number of benzene rings is 2. The van der Waals surface area contributed by atoms with Crippen LogP contribution in [0.3, 0.4) is 0 Å². The van der Waals surface area contributed by atoms with Crippen LogP contribution in [0.15, 0.2) is 54.7 Å². The molecule has 4 rings (SSSR count). The molecule has 3 nitrogen and oxygen atoms in total. The topological polar surface area (TPSA) is 42.1 Å². The monoisotopic (exact) mass is 399 g/mol. The normalized spacial score (nSPS) is 16.3. The molecule has 3 aromatic rings. The third kappa shape index (κ3) is 3.99. The highest BCUT2D eigenvalue weighted by Gasteiger charge is 2.32. The van der Waals surface area contributed by atoms with Crippen LogP contribution < -0.4 is 10.6 Å². The number of aryl methyl sites for hydroxylation is 2. The standard InChI is InChI=1S/C27H33N3/c1-18-6-8-22(9-7-18)24-15-25-26(16-23(24)20(3)28)30(13-11-27(25,4)5)17-21-10-12-29-19(2)14-21/h6-10,12,14-16,20H,11,13,17,28H2,1-5H3. The van der Waals surface area contributed by atoms with Gasteiger partial charge in [0.05, 0.1) is 0 Å². The molecular weight excluding hydrogens is 366 g/mol. The summed E-state index contributed by atoms with van der Waals surface area (Å²) in [5, 5.41) is 0. The molecule has 0 saturated heterocycles. The highest BCUT2D eigenvalue weighted by atomic mass is 15.1. The van der Waals surface area contributed by atoms with Crippen molar-refractivity contribution in [1.82, 2.24) is 4.98 Å². The lowest BCUT2D eigenvalue weighted by Crippen LogP contribution is -2.37. The van der Waals surface area contributed by atoms with Gasteiger partial charge < -0.3 is 10.6 Å². The van der Waals surface area contributed by atoms with Gasteiger partial charge in [0.1, 0.15) is 0 Å². The first-order valence-corrected chi connectivity index (χ1v) is 10.9. The molecule has 1 aromatic heterocycles. The van der Waals surface area contributed by atoms with Gasteiger partial charge in [-0.2, -0.15) is 0 Å². The van der Waals surface area contributed by atoms with E-state index in [1.807, 2.05) is 6.20 Å². The summed E-state index contributed by atoms with van der Waals surface area (Å²) in [6, 6.07) is 17.8. The Morgan fingerprint density at radius 2 is 1.80 bits per heavy atom. The number of anilines is 1. The summed E-state index contributed by atoms with van der Waals surface area (Å²) in [6.45, 7) is 12.9. The number of aromatic nitrogens is 1. The van der Waals surface area contributed by atoms with Crippen LogP contribution in [0.5, 0.6) is 0 Å². The van der Waals surface area contributed by atoms with Crippen LogP contribution in [0.4, 0.5) is 5.69 Å². The van der Waals surface area contributed by atoms with Crippen molar-refractivity contribution in [1.29, 1.82) is 0 Å². The Hall–Kier alpha value is -2.65. The number of pyridine rings is 1. The maximum absolute atomic E-state index is 6.47. The van der Waals surface area contributed by atoms with E-state index in [1.165, 1.54) is 39.1 Å².